The molecule has 0 spiro atoms. The Kier molecular flexibility index (Phi) is 8.46. The summed E-state index contributed by atoms with van der Waals surface area (Å²) < 4.78 is 5.55. The molecule has 33 heavy (non-hydrogen) atoms. The maximum absolute atomic E-state index is 12.9. The summed E-state index contributed by atoms with van der Waals surface area (Å²) in [5.74, 6) is -1.53. The minimum atomic E-state index is -0.936. The van der Waals surface area contributed by atoms with Crippen LogP contribution in [0.15, 0.2) is 48.5 Å². The number of carbonyl (C=O) groups excluding carboxylic acids is 2. The normalized spacial score (nSPS) is 13.0. The van der Waals surface area contributed by atoms with E-state index in [1.165, 1.54) is 0 Å². The van der Waals surface area contributed by atoms with Crippen molar-refractivity contribution in [3.8, 4) is 11.1 Å². The second kappa shape index (κ2) is 11.5. The van der Waals surface area contributed by atoms with Gasteiger partial charge in [0.25, 0.3) is 0 Å². The van der Waals surface area contributed by atoms with E-state index in [2.05, 4.69) is 29.6 Å². The van der Waals surface area contributed by atoms with Crippen LogP contribution in [0.2, 0.25) is 0 Å². The molecule has 0 radical (unpaired) electrons. The van der Waals surface area contributed by atoms with Crippen molar-refractivity contribution in [2.24, 2.45) is 5.92 Å². The van der Waals surface area contributed by atoms with Crippen molar-refractivity contribution in [2.75, 3.05) is 26.2 Å². The standard InChI is InChI=1S/C26H32N2O5/c1-3-14-28(15-13-24(29)30)25(31)18(4-2)16-27-26(32)33-17-23-21-11-7-5-9-19(21)20-10-6-8-12-22(20)23/h5-12,18,23H,3-4,13-17H2,1-2H3,(H,27,32)(H,29,30). The third-order valence-corrected chi connectivity index (χ3v) is 6.08. The molecular weight excluding hydrogens is 420 g/mol. The van der Waals surface area contributed by atoms with Crippen LogP contribution in [0.25, 0.3) is 11.1 Å². The van der Waals surface area contributed by atoms with Gasteiger partial charge in [0.1, 0.15) is 6.61 Å². The van der Waals surface area contributed by atoms with Crippen LogP contribution in [-0.2, 0) is 14.3 Å². The van der Waals surface area contributed by atoms with E-state index in [1.54, 1.807) is 4.90 Å². The van der Waals surface area contributed by atoms with Crippen LogP contribution in [0, 0.1) is 5.92 Å². The summed E-state index contributed by atoms with van der Waals surface area (Å²) in [7, 11) is 0. The van der Waals surface area contributed by atoms with Gasteiger partial charge < -0.3 is 20.1 Å². The van der Waals surface area contributed by atoms with E-state index in [0.717, 1.165) is 28.7 Å². The minimum Gasteiger partial charge on any atom is -0.481 e. The highest BCUT2D eigenvalue weighted by atomic mass is 16.5. The molecule has 2 aromatic rings. The number of carbonyl (C=O) groups is 3. The number of hydrogen-bond acceptors (Lipinski definition) is 4. The highest BCUT2D eigenvalue weighted by molar-refractivity contribution is 5.81. The Bertz CT molecular complexity index is 945. The number of aliphatic carboxylic acids is 1. The Morgan fingerprint density at radius 1 is 1.00 bits per heavy atom. The fourth-order valence-corrected chi connectivity index (χ4v) is 4.35. The van der Waals surface area contributed by atoms with E-state index in [4.69, 9.17) is 9.84 Å². The molecule has 2 aromatic carbocycles. The van der Waals surface area contributed by atoms with Gasteiger partial charge in [-0.1, -0.05) is 62.4 Å². The lowest BCUT2D eigenvalue weighted by Gasteiger charge is -2.26. The summed E-state index contributed by atoms with van der Waals surface area (Å²) in [5.41, 5.74) is 4.61. The third-order valence-electron chi connectivity index (χ3n) is 6.08. The highest BCUT2D eigenvalue weighted by Crippen LogP contribution is 2.44. The number of hydrogen-bond donors (Lipinski definition) is 2. The van der Waals surface area contributed by atoms with Gasteiger partial charge in [-0.3, -0.25) is 9.59 Å². The largest absolute Gasteiger partial charge is 0.481 e. The molecule has 0 saturated heterocycles. The van der Waals surface area contributed by atoms with E-state index in [-0.39, 0.29) is 37.9 Å². The first-order valence-corrected chi connectivity index (χ1v) is 11.6. The van der Waals surface area contributed by atoms with Crippen LogP contribution in [0.3, 0.4) is 0 Å². The first-order chi connectivity index (χ1) is 16.0. The predicted molar refractivity (Wildman–Crippen MR) is 126 cm³/mol. The lowest BCUT2D eigenvalue weighted by molar-refractivity contribution is -0.139. The van der Waals surface area contributed by atoms with E-state index in [1.807, 2.05) is 38.1 Å². The molecule has 0 aliphatic heterocycles. The Balaban J connectivity index is 1.56. The van der Waals surface area contributed by atoms with Crippen molar-refractivity contribution in [2.45, 2.75) is 39.0 Å². The summed E-state index contributed by atoms with van der Waals surface area (Å²) in [6.45, 7) is 4.85. The molecule has 1 atom stereocenters. The molecule has 0 aromatic heterocycles. The summed E-state index contributed by atoms with van der Waals surface area (Å²) in [6, 6.07) is 16.3. The van der Waals surface area contributed by atoms with E-state index < -0.39 is 18.0 Å². The predicted octanol–water partition coefficient (Wildman–Crippen LogP) is 4.26. The van der Waals surface area contributed by atoms with Crippen LogP contribution in [0.1, 0.15) is 50.2 Å². The van der Waals surface area contributed by atoms with Gasteiger partial charge in [-0.15, -0.1) is 0 Å². The van der Waals surface area contributed by atoms with E-state index >= 15 is 0 Å². The number of fused-ring (bicyclic) bond motifs is 3. The second-order valence-corrected chi connectivity index (χ2v) is 8.28. The number of nitrogens with one attached hydrogen (secondary N) is 1. The Labute approximate surface area is 194 Å². The van der Waals surface area contributed by atoms with Gasteiger partial charge in [0.2, 0.25) is 5.91 Å². The van der Waals surface area contributed by atoms with Crippen molar-refractivity contribution in [1.82, 2.24) is 10.2 Å². The Morgan fingerprint density at radius 3 is 2.15 bits per heavy atom. The smallest absolute Gasteiger partial charge is 0.407 e. The average molecular weight is 453 g/mol. The van der Waals surface area contributed by atoms with E-state index in [0.29, 0.717) is 13.0 Å². The zero-order valence-electron chi connectivity index (χ0n) is 19.3. The third kappa shape index (κ3) is 5.92. The molecule has 1 aliphatic rings. The van der Waals surface area contributed by atoms with Gasteiger partial charge in [-0.2, -0.15) is 0 Å². The molecule has 2 N–H and O–H groups in total. The number of ether oxygens (including phenoxy) is 1. The fourth-order valence-electron chi connectivity index (χ4n) is 4.35. The van der Waals surface area contributed by atoms with Crippen molar-refractivity contribution in [3.63, 3.8) is 0 Å². The van der Waals surface area contributed by atoms with Crippen molar-refractivity contribution in [1.29, 1.82) is 0 Å². The first-order valence-electron chi connectivity index (χ1n) is 11.6. The number of amides is 2. The molecule has 0 saturated carbocycles. The van der Waals surface area contributed by atoms with Crippen LogP contribution >= 0.6 is 0 Å². The number of carboxylic acids is 1. The lowest BCUT2D eigenvalue weighted by Crippen LogP contribution is -2.42. The van der Waals surface area contributed by atoms with Crippen molar-refractivity contribution in [3.05, 3.63) is 59.7 Å². The van der Waals surface area contributed by atoms with Crippen LogP contribution < -0.4 is 5.32 Å². The summed E-state index contributed by atoms with van der Waals surface area (Å²) in [4.78, 5) is 37.8. The maximum Gasteiger partial charge on any atom is 0.407 e. The molecule has 7 nitrogen and oxygen atoms in total. The van der Waals surface area contributed by atoms with E-state index in [9.17, 15) is 14.4 Å². The lowest BCUT2D eigenvalue weighted by atomic mass is 9.98. The number of alkyl carbamates (subject to hydrolysis) is 1. The summed E-state index contributed by atoms with van der Waals surface area (Å²) in [6.07, 6.45) is 0.620. The van der Waals surface area contributed by atoms with Gasteiger partial charge in [0.15, 0.2) is 0 Å². The van der Waals surface area contributed by atoms with Gasteiger partial charge in [-0.25, -0.2) is 4.79 Å². The van der Waals surface area contributed by atoms with Gasteiger partial charge in [0, 0.05) is 25.6 Å². The topological polar surface area (TPSA) is 95.9 Å². The number of nitrogens with zero attached hydrogens (tertiary/aromatic N) is 1. The molecule has 0 fully saturated rings. The Morgan fingerprint density at radius 2 is 1.61 bits per heavy atom. The SMILES string of the molecule is CCCN(CCC(=O)O)C(=O)C(CC)CNC(=O)OCC1c2ccccc2-c2ccccc21. The van der Waals surface area contributed by atoms with Gasteiger partial charge in [-0.05, 0) is 35.1 Å². The first kappa shape index (κ1) is 24.3. The molecule has 176 valence electrons. The van der Waals surface area contributed by atoms with Crippen LogP contribution in [0.5, 0.6) is 0 Å². The van der Waals surface area contributed by atoms with Gasteiger partial charge >= 0.3 is 12.1 Å². The molecule has 2 amide bonds. The zero-order chi connectivity index (χ0) is 23.8. The second-order valence-electron chi connectivity index (χ2n) is 8.28. The van der Waals surface area contributed by atoms with Crippen molar-refractivity contribution < 1.29 is 24.2 Å². The molecular formula is C26H32N2O5. The molecule has 0 bridgehead atoms. The highest BCUT2D eigenvalue weighted by Gasteiger charge is 2.29. The van der Waals surface area contributed by atoms with Crippen LogP contribution in [0.4, 0.5) is 4.79 Å². The van der Waals surface area contributed by atoms with Crippen LogP contribution in [-0.4, -0.2) is 54.2 Å². The maximum atomic E-state index is 12.9. The van der Waals surface area contributed by atoms with Crippen molar-refractivity contribution >= 4 is 18.0 Å². The quantitative estimate of drug-likeness (QED) is 0.531. The summed E-state index contributed by atoms with van der Waals surface area (Å²) >= 11 is 0. The number of carboxylic acid groups (broad SMARTS) is 1. The molecule has 1 unspecified atom stereocenters. The minimum absolute atomic E-state index is 0.0252. The molecule has 7 heteroatoms. The zero-order valence-corrected chi connectivity index (χ0v) is 19.3. The molecule has 1 aliphatic carbocycles. The summed E-state index contributed by atoms with van der Waals surface area (Å²) in [5, 5.41) is 11.7. The fraction of sp³-hybridized carbons (Fsp3) is 0.423. The molecule has 3 rings (SSSR count). The monoisotopic (exact) mass is 452 g/mol. The Hall–Kier alpha value is -3.35. The number of rotatable bonds is 11. The average Bonchev–Trinajstić information content (AvgIpc) is 3.14. The van der Waals surface area contributed by atoms with Gasteiger partial charge in [0.05, 0.1) is 12.3 Å². The number of benzene rings is 2. The molecule has 0 heterocycles.